The third kappa shape index (κ3) is 4.84. The third-order valence-corrected chi connectivity index (χ3v) is 8.60. The number of carbonyl (C=O) groups excluding carboxylic acids is 2. The van der Waals surface area contributed by atoms with E-state index in [0.29, 0.717) is 53.1 Å². The van der Waals surface area contributed by atoms with Crippen molar-refractivity contribution >= 4 is 62.0 Å². The van der Waals surface area contributed by atoms with Crippen molar-refractivity contribution in [2.75, 3.05) is 44.6 Å². The Morgan fingerprint density at radius 3 is 2.73 bits per heavy atom. The van der Waals surface area contributed by atoms with Crippen molar-refractivity contribution in [3.05, 3.63) is 77.4 Å². The lowest BCUT2D eigenvalue weighted by Crippen LogP contribution is -2.30. The van der Waals surface area contributed by atoms with E-state index in [0.717, 1.165) is 33.9 Å². The number of carbonyl (C=O) groups is 2. The maximum absolute atomic E-state index is 13.9. The molecular formula is C33H31ClN6O5. The van der Waals surface area contributed by atoms with Crippen molar-refractivity contribution in [1.82, 2.24) is 19.4 Å². The van der Waals surface area contributed by atoms with Gasteiger partial charge in [-0.1, -0.05) is 0 Å². The van der Waals surface area contributed by atoms with E-state index in [1.807, 2.05) is 60.0 Å². The fourth-order valence-electron chi connectivity index (χ4n) is 6.14. The number of nitrogens with one attached hydrogen (secondary N) is 1. The summed E-state index contributed by atoms with van der Waals surface area (Å²) in [5.74, 6) is 0.294. The van der Waals surface area contributed by atoms with Gasteiger partial charge in [0.05, 0.1) is 11.2 Å². The van der Waals surface area contributed by atoms with Gasteiger partial charge in [-0.05, 0) is 62.6 Å². The molecule has 3 aromatic heterocycles. The molecule has 0 fully saturated rings. The summed E-state index contributed by atoms with van der Waals surface area (Å²) in [4.78, 5) is 37.8. The van der Waals surface area contributed by atoms with Crippen molar-refractivity contribution in [3.8, 4) is 17.2 Å². The Hall–Kier alpha value is -5.00. The number of aromatic hydroxyl groups is 1. The van der Waals surface area contributed by atoms with E-state index in [1.54, 1.807) is 24.0 Å². The summed E-state index contributed by atoms with van der Waals surface area (Å²) in [6, 6.07) is 16.4. The number of nitrogens with zero attached hydrogens (tertiary/aromatic N) is 4. The molecule has 0 bridgehead atoms. The lowest BCUT2D eigenvalue weighted by molar-refractivity contribution is 0.0980. The van der Waals surface area contributed by atoms with Crippen LogP contribution in [0, 0.1) is 6.92 Å². The molecule has 12 heteroatoms. The number of halogens is 1. The van der Waals surface area contributed by atoms with Crippen LogP contribution in [0.2, 0.25) is 0 Å². The predicted octanol–water partition coefficient (Wildman–Crippen LogP) is 5.29. The Morgan fingerprint density at radius 1 is 1.16 bits per heavy atom. The molecule has 1 atom stereocenters. The minimum atomic E-state index is -0.562. The van der Waals surface area contributed by atoms with Crippen LogP contribution in [0.3, 0.4) is 0 Å². The molecule has 0 saturated carbocycles. The van der Waals surface area contributed by atoms with Crippen LogP contribution >= 0.6 is 11.6 Å². The van der Waals surface area contributed by atoms with Gasteiger partial charge in [-0.25, -0.2) is 4.98 Å². The monoisotopic (exact) mass is 626 g/mol. The lowest BCUT2D eigenvalue weighted by Gasteiger charge is -2.17. The molecule has 2 amide bonds. The number of aromatic amines is 1. The van der Waals surface area contributed by atoms with E-state index < -0.39 is 5.91 Å². The van der Waals surface area contributed by atoms with Gasteiger partial charge in [0.2, 0.25) is 0 Å². The molecular weight excluding hydrogens is 596 g/mol. The minimum absolute atomic E-state index is 0.0879. The molecule has 1 unspecified atom stereocenters. The number of benzene rings is 3. The summed E-state index contributed by atoms with van der Waals surface area (Å²) < 4.78 is 13.3. The van der Waals surface area contributed by atoms with Gasteiger partial charge in [-0.2, -0.15) is 0 Å². The summed E-state index contributed by atoms with van der Waals surface area (Å²) >= 11 is 6.34. The van der Waals surface area contributed by atoms with Gasteiger partial charge in [0, 0.05) is 65.4 Å². The number of fused-ring (bicyclic) bond motifs is 5. The SMILES string of the molecule is Cc1nc2c3c(cc(O)c2o1)N(C(=O)c1cc2cc(-n4c(C(N)=O)cc5cc(OCCN(C)C)ccc54)ccc2[nH]1)CC3CCl. The van der Waals surface area contributed by atoms with Crippen molar-refractivity contribution in [3.63, 3.8) is 0 Å². The summed E-state index contributed by atoms with van der Waals surface area (Å²) in [7, 11) is 3.97. The summed E-state index contributed by atoms with van der Waals surface area (Å²) in [6.07, 6.45) is 0. The topological polar surface area (TPSA) is 143 Å². The number of oxazole rings is 1. The molecule has 1 aliphatic heterocycles. The normalized spacial score (nSPS) is 14.7. The first-order valence-electron chi connectivity index (χ1n) is 14.5. The highest BCUT2D eigenvalue weighted by atomic mass is 35.5. The smallest absolute Gasteiger partial charge is 0.274 e. The zero-order chi connectivity index (χ0) is 31.6. The number of hydrogen-bond acceptors (Lipinski definition) is 7. The number of primary amides is 1. The Bertz CT molecular complexity index is 2140. The number of amides is 2. The number of ether oxygens (including phenoxy) is 1. The fraction of sp³-hybridized carbons (Fsp3) is 0.242. The van der Waals surface area contributed by atoms with Crippen LogP contribution in [0.4, 0.5) is 5.69 Å². The first-order valence-corrected chi connectivity index (χ1v) is 15.0. The van der Waals surface area contributed by atoms with E-state index in [1.165, 1.54) is 6.07 Å². The van der Waals surface area contributed by atoms with Crippen molar-refractivity contribution in [2.45, 2.75) is 12.8 Å². The molecule has 3 aromatic carbocycles. The number of phenolic OH excluding ortho intramolecular Hbond substituents is 1. The number of likely N-dealkylation sites (N-methyl/N-ethyl adjacent to an activating group) is 1. The molecule has 0 saturated heterocycles. The number of phenols is 1. The lowest BCUT2D eigenvalue weighted by atomic mass is 10.0. The number of H-pyrrole nitrogens is 1. The van der Waals surface area contributed by atoms with Gasteiger partial charge in [0.15, 0.2) is 17.2 Å². The zero-order valence-corrected chi connectivity index (χ0v) is 25.7. The van der Waals surface area contributed by atoms with Gasteiger partial charge >= 0.3 is 0 Å². The Morgan fingerprint density at radius 2 is 1.98 bits per heavy atom. The Balaban J connectivity index is 1.24. The number of nitrogens with two attached hydrogens (primary N) is 1. The third-order valence-electron chi connectivity index (χ3n) is 8.23. The number of hydrogen-bond donors (Lipinski definition) is 3. The summed E-state index contributed by atoms with van der Waals surface area (Å²) in [5, 5.41) is 12.3. The molecule has 4 N–H and O–H groups in total. The largest absolute Gasteiger partial charge is 0.504 e. The first-order chi connectivity index (χ1) is 21.6. The second-order valence-corrected chi connectivity index (χ2v) is 11.9. The standard InChI is InChI=1S/C33H31ClN6O5/c1-17-36-30-29-20(15-34)16-39(26(29)14-28(41)31(30)45-17)33(43)24-12-18-10-21(4-6-23(18)37-24)40-25-7-5-22(44-9-8-38(2)3)11-19(25)13-27(40)32(35)42/h4-7,10-14,20,37,41H,8-9,15-16H2,1-3H3,(H2,35,42). The molecule has 45 heavy (non-hydrogen) atoms. The van der Waals surface area contributed by atoms with Gasteiger partial charge in [-0.3, -0.25) is 9.59 Å². The van der Waals surface area contributed by atoms with Crippen LogP contribution in [-0.2, 0) is 0 Å². The van der Waals surface area contributed by atoms with Gasteiger partial charge in [-0.15, -0.1) is 11.6 Å². The minimum Gasteiger partial charge on any atom is -0.504 e. The predicted molar refractivity (Wildman–Crippen MR) is 173 cm³/mol. The highest BCUT2D eigenvalue weighted by Crippen LogP contribution is 2.45. The van der Waals surface area contributed by atoms with E-state index >= 15 is 0 Å². The van der Waals surface area contributed by atoms with Crippen LogP contribution in [0.25, 0.3) is 38.6 Å². The highest BCUT2D eigenvalue weighted by Gasteiger charge is 2.37. The van der Waals surface area contributed by atoms with Crippen LogP contribution in [0.15, 0.2) is 59.0 Å². The Labute approximate surface area is 262 Å². The maximum Gasteiger partial charge on any atom is 0.274 e. The quantitative estimate of drug-likeness (QED) is 0.195. The molecule has 0 aliphatic carbocycles. The van der Waals surface area contributed by atoms with E-state index in [2.05, 4.69) is 9.97 Å². The Kier molecular flexibility index (Phi) is 6.94. The second kappa shape index (κ2) is 10.9. The fourth-order valence-corrected chi connectivity index (χ4v) is 6.39. The molecule has 1 aliphatic rings. The van der Waals surface area contributed by atoms with Crippen LogP contribution in [0.1, 0.15) is 38.3 Å². The average molecular weight is 627 g/mol. The number of aromatic nitrogens is 3. The van der Waals surface area contributed by atoms with Crippen LogP contribution in [0.5, 0.6) is 11.5 Å². The molecule has 230 valence electrons. The molecule has 11 nitrogen and oxygen atoms in total. The molecule has 6 aromatic rings. The second-order valence-electron chi connectivity index (χ2n) is 11.6. The van der Waals surface area contributed by atoms with Gasteiger partial charge < -0.3 is 39.3 Å². The first kappa shape index (κ1) is 28.8. The molecule has 7 rings (SSSR count). The van der Waals surface area contributed by atoms with Gasteiger partial charge in [0.25, 0.3) is 11.8 Å². The molecule has 0 radical (unpaired) electrons. The maximum atomic E-state index is 13.9. The van der Waals surface area contributed by atoms with E-state index in [4.69, 9.17) is 26.5 Å². The van der Waals surface area contributed by atoms with Gasteiger partial charge in [0.1, 0.15) is 29.3 Å². The highest BCUT2D eigenvalue weighted by molar-refractivity contribution is 6.19. The molecule has 4 heterocycles. The number of aryl methyl sites for hydroxylation is 1. The number of alkyl halides is 1. The molecule has 0 spiro atoms. The van der Waals surface area contributed by atoms with Crippen LogP contribution in [-0.4, -0.2) is 76.0 Å². The summed E-state index contributed by atoms with van der Waals surface area (Å²) in [6.45, 7) is 3.35. The van der Waals surface area contributed by atoms with E-state index in [-0.39, 0.29) is 29.0 Å². The summed E-state index contributed by atoms with van der Waals surface area (Å²) in [5.41, 5.74) is 10.9. The van der Waals surface area contributed by atoms with Crippen LogP contribution < -0.4 is 15.4 Å². The van der Waals surface area contributed by atoms with E-state index in [9.17, 15) is 14.7 Å². The number of rotatable bonds is 8. The van der Waals surface area contributed by atoms with Crippen molar-refractivity contribution in [1.29, 1.82) is 0 Å². The number of anilines is 1. The zero-order valence-electron chi connectivity index (χ0n) is 24.9. The van der Waals surface area contributed by atoms with Crippen molar-refractivity contribution in [2.24, 2.45) is 5.73 Å². The van der Waals surface area contributed by atoms with Crippen molar-refractivity contribution < 1.29 is 23.8 Å². The average Bonchev–Trinajstić information content (AvgIpc) is 3.78.